The van der Waals surface area contributed by atoms with E-state index in [0.717, 1.165) is 29.6 Å². The lowest BCUT2D eigenvalue weighted by molar-refractivity contribution is 0.490. The topological polar surface area (TPSA) is 42.7 Å². The molecule has 0 aliphatic heterocycles. The van der Waals surface area contributed by atoms with Crippen LogP contribution < -0.4 is 5.32 Å². The molecule has 0 saturated carbocycles. The molecule has 1 aromatic carbocycles. The maximum absolute atomic E-state index is 4.15. The Morgan fingerprint density at radius 1 is 1.42 bits per heavy atom. The fourth-order valence-electron chi connectivity index (χ4n) is 2.18. The van der Waals surface area contributed by atoms with E-state index in [2.05, 4.69) is 56.7 Å². The lowest BCUT2D eigenvalue weighted by atomic mass is 10.0. The highest BCUT2D eigenvalue weighted by Gasteiger charge is 2.15. The van der Waals surface area contributed by atoms with Gasteiger partial charge in [0.1, 0.15) is 0 Å². The summed E-state index contributed by atoms with van der Waals surface area (Å²) in [6.07, 6.45) is 3.84. The van der Waals surface area contributed by atoms with Crippen LogP contribution in [0.4, 0.5) is 0 Å². The monoisotopic (exact) mass is 322 g/mol. The molecule has 0 spiro atoms. The standard InChI is InChI=1S/C14H19BrN4/c1-3-7-19-14(10-17-18-19)13(16-2)9-11-5-4-6-12(15)8-11/h4-6,8,10,13,16H,3,7,9H2,1-2H3. The van der Waals surface area contributed by atoms with Crippen LogP contribution >= 0.6 is 15.9 Å². The molecule has 2 aromatic rings. The summed E-state index contributed by atoms with van der Waals surface area (Å²) in [5, 5.41) is 11.5. The van der Waals surface area contributed by atoms with Crippen LogP contribution in [0.25, 0.3) is 0 Å². The van der Waals surface area contributed by atoms with Crippen LogP contribution in [0.1, 0.15) is 30.6 Å². The van der Waals surface area contributed by atoms with Crippen LogP contribution in [0.3, 0.4) is 0 Å². The van der Waals surface area contributed by atoms with Gasteiger partial charge in [0.2, 0.25) is 0 Å². The summed E-state index contributed by atoms with van der Waals surface area (Å²) in [6.45, 7) is 3.06. The lowest BCUT2D eigenvalue weighted by Crippen LogP contribution is -2.22. The van der Waals surface area contributed by atoms with Crippen molar-refractivity contribution in [3.63, 3.8) is 0 Å². The predicted molar refractivity (Wildman–Crippen MR) is 80.0 cm³/mol. The van der Waals surface area contributed by atoms with Crippen molar-refractivity contribution in [3.8, 4) is 0 Å². The number of nitrogens with zero attached hydrogens (tertiary/aromatic N) is 3. The second kappa shape index (κ2) is 6.82. The molecule has 4 nitrogen and oxygen atoms in total. The Bertz CT molecular complexity index is 524. The molecule has 1 unspecified atom stereocenters. The zero-order valence-electron chi connectivity index (χ0n) is 11.3. The number of aryl methyl sites for hydroxylation is 1. The highest BCUT2D eigenvalue weighted by atomic mass is 79.9. The van der Waals surface area contributed by atoms with Crippen LogP contribution in [-0.2, 0) is 13.0 Å². The molecule has 0 bridgehead atoms. The fraction of sp³-hybridized carbons (Fsp3) is 0.429. The van der Waals surface area contributed by atoms with E-state index < -0.39 is 0 Å². The zero-order chi connectivity index (χ0) is 13.7. The Morgan fingerprint density at radius 3 is 2.95 bits per heavy atom. The SMILES string of the molecule is CCCn1nncc1C(Cc1cccc(Br)c1)NC. The van der Waals surface area contributed by atoms with Gasteiger partial charge in [0.15, 0.2) is 0 Å². The van der Waals surface area contributed by atoms with Gasteiger partial charge in [-0.05, 0) is 37.6 Å². The zero-order valence-corrected chi connectivity index (χ0v) is 12.9. The highest BCUT2D eigenvalue weighted by molar-refractivity contribution is 9.10. The van der Waals surface area contributed by atoms with Crippen molar-refractivity contribution < 1.29 is 0 Å². The predicted octanol–water partition coefficient (Wildman–Crippen LogP) is 2.95. The number of rotatable bonds is 6. The molecule has 5 heteroatoms. The lowest BCUT2D eigenvalue weighted by Gasteiger charge is -2.17. The molecule has 0 amide bonds. The van der Waals surface area contributed by atoms with Crippen molar-refractivity contribution in [2.24, 2.45) is 0 Å². The minimum absolute atomic E-state index is 0.232. The van der Waals surface area contributed by atoms with Crippen LogP contribution in [0.5, 0.6) is 0 Å². The van der Waals surface area contributed by atoms with Gasteiger partial charge in [-0.15, -0.1) is 5.10 Å². The van der Waals surface area contributed by atoms with Crippen molar-refractivity contribution in [1.82, 2.24) is 20.3 Å². The Labute approximate surface area is 122 Å². The van der Waals surface area contributed by atoms with E-state index in [1.54, 1.807) is 0 Å². The summed E-state index contributed by atoms with van der Waals surface area (Å²) in [5.41, 5.74) is 2.43. The van der Waals surface area contributed by atoms with Gasteiger partial charge in [-0.1, -0.05) is 40.2 Å². The van der Waals surface area contributed by atoms with E-state index in [1.165, 1.54) is 5.56 Å². The molecule has 0 radical (unpaired) electrons. The molecule has 1 heterocycles. The van der Waals surface area contributed by atoms with E-state index in [4.69, 9.17) is 0 Å². The molecular weight excluding hydrogens is 304 g/mol. The van der Waals surface area contributed by atoms with Gasteiger partial charge in [0, 0.05) is 11.0 Å². The summed E-state index contributed by atoms with van der Waals surface area (Å²) in [4.78, 5) is 0. The number of nitrogens with one attached hydrogen (secondary N) is 1. The van der Waals surface area contributed by atoms with Gasteiger partial charge in [-0.2, -0.15) is 0 Å². The van der Waals surface area contributed by atoms with Gasteiger partial charge < -0.3 is 5.32 Å². The van der Waals surface area contributed by atoms with E-state index in [0.29, 0.717) is 0 Å². The quantitative estimate of drug-likeness (QED) is 0.889. The molecule has 19 heavy (non-hydrogen) atoms. The average molecular weight is 323 g/mol. The van der Waals surface area contributed by atoms with Crippen molar-refractivity contribution >= 4 is 15.9 Å². The van der Waals surface area contributed by atoms with Crippen LogP contribution in [-0.4, -0.2) is 22.0 Å². The van der Waals surface area contributed by atoms with E-state index in [9.17, 15) is 0 Å². The molecule has 2 rings (SSSR count). The molecular formula is C14H19BrN4. The number of hydrogen-bond donors (Lipinski definition) is 1. The van der Waals surface area contributed by atoms with E-state index >= 15 is 0 Å². The third-order valence-electron chi connectivity index (χ3n) is 3.12. The maximum Gasteiger partial charge on any atom is 0.0759 e. The molecule has 1 N–H and O–H groups in total. The first-order valence-electron chi connectivity index (χ1n) is 6.54. The first kappa shape index (κ1) is 14.2. The minimum Gasteiger partial charge on any atom is -0.311 e. The molecule has 1 atom stereocenters. The van der Waals surface area contributed by atoms with Gasteiger partial charge in [-0.3, -0.25) is 0 Å². The summed E-state index contributed by atoms with van der Waals surface area (Å²) < 4.78 is 3.10. The van der Waals surface area contributed by atoms with Gasteiger partial charge in [0.25, 0.3) is 0 Å². The Balaban J connectivity index is 2.18. The van der Waals surface area contributed by atoms with Crippen molar-refractivity contribution in [3.05, 3.63) is 46.2 Å². The molecule has 0 aliphatic carbocycles. The molecule has 0 fully saturated rings. The number of likely N-dealkylation sites (N-methyl/N-ethyl adjacent to an activating group) is 1. The summed E-state index contributed by atoms with van der Waals surface area (Å²) in [7, 11) is 1.98. The van der Waals surface area contributed by atoms with Crippen molar-refractivity contribution in [1.29, 1.82) is 0 Å². The molecule has 0 saturated heterocycles. The third-order valence-corrected chi connectivity index (χ3v) is 3.61. The van der Waals surface area contributed by atoms with Crippen LogP contribution in [0.2, 0.25) is 0 Å². The Morgan fingerprint density at radius 2 is 2.26 bits per heavy atom. The molecule has 0 aliphatic rings. The first-order chi connectivity index (χ1) is 9.24. The Hall–Kier alpha value is -1.20. The van der Waals surface area contributed by atoms with E-state index in [-0.39, 0.29) is 6.04 Å². The maximum atomic E-state index is 4.15. The van der Waals surface area contributed by atoms with Gasteiger partial charge in [-0.25, -0.2) is 4.68 Å². The largest absolute Gasteiger partial charge is 0.311 e. The van der Waals surface area contributed by atoms with Crippen LogP contribution in [0.15, 0.2) is 34.9 Å². The number of halogens is 1. The Kier molecular flexibility index (Phi) is 5.10. The number of benzene rings is 1. The van der Waals surface area contributed by atoms with Crippen molar-refractivity contribution in [2.45, 2.75) is 32.4 Å². The average Bonchev–Trinajstić information content (AvgIpc) is 2.85. The minimum atomic E-state index is 0.232. The second-order valence-corrected chi connectivity index (χ2v) is 5.47. The summed E-state index contributed by atoms with van der Waals surface area (Å²) >= 11 is 3.51. The van der Waals surface area contributed by atoms with Crippen LogP contribution in [0, 0.1) is 0 Å². The summed E-state index contributed by atoms with van der Waals surface area (Å²) in [5.74, 6) is 0. The highest BCUT2D eigenvalue weighted by Crippen LogP contribution is 2.20. The van der Waals surface area contributed by atoms with Gasteiger partial charge in [0.05, 0.1) is 17.9 Å². The fourth-order valence-corrected chi connectivity index (χ4v) is 2.62. The molecule has 1 aromatic heterocycles. The number of hydrogen-bond acceptors (Lipinski definition) is 3. The van der Waals surface area contributed by atoms with E-state index in [1.807, 2.05) is 24.0 Å². The first-order valence-corrected chi connectivity index (χ1v) is 7.34. The second-order valence-electron chi connectivity index (χ2n) is 4.56. The third kappa shape index (κ3) is 3.64. The normalized spacial score (nSPS) is 12.6. The smallest absolute Gasteiger partial charge is 0.0759 e. The van der Waals surface area contributed by atoms with Gasteiger partial charge >= 0.3 is 0 Å². The van der Waals surface area contributed by atoms with Crippen molar-refractivity contribution in [2.75, 3.05) is 7.05 Å². The molecule has 102 valence electrons. The number of aromatic nitrogens is 3. The summed E-state index contributed by atoms with van der Waals surface area (Å²) in [6, 6.07) is 8.63.